The van der Waals surface area contributed by atoms with E-state index in [4.69, 9.17) is 11.6 Å². The summed E-state index contributed by atoms with van der Waals surface area (Å²) in [6.07, 6.45) is 0.310. The second-order valence-corrected chi connectivity index (χ2v) is 10.8. The predicted molar refractivity (Wildman–Crippen MR) is 129 cm³/mol. The molecule has 0 spiro atoms. The lowest BCUT2D eigenvalue weighted by Gasteiger charge is -2.32. The average Bonchev–Trinajstić information content (AvgIpc) is 2.99. The summed E-state index contributed by atoms with van der Waals surface area (Å²) < 4.78 is 26.5. The summed E-state index contributed by atoms with van der Waals surface area (Å²) >= 11 is 5.97. The molecule has 3 rings (SSSR count). The molecule has 0 saturated carbocycles. The highest BCUT2D eigenvalue weighted by Crippen LogP contribution is 2.30. The number of amides is 3. The Morgan fingerprint density at radius 3 is 2.32 bits per heavy atom. The molecule has 0 bridgehead atoms. The van der Waals surface area contributed by atoms with Gasteiger partial charge in [-0.3, -0.25) is 14.4 Å². The van der Waals surface area contributed by atoms with Crippen molar-refractivity contribution in [2.75, 3.05) is 13.1 Å². The van der Waals surface area contributed by atoms with Gasteiger partial charge in [0.25, 0.3) is 15.9 Å². The summed E-state index contributed by atoms with van der Waals surface area (Å²) in [4.78, 5) is 40.4. The van der Waals surface area contributed by atoms with Crippen LogP contribution < -0.4 is 5.32 Å². The zero-order valence-electron chi connectivity index (χ0n) is 19.3. The van der Waals surface area contributed by atoms with E-state index < -0.39 is 34.4 Å². The number of halogens is 1. The number of hydrogen-bond donors (Lipinski definition) is 1. The second kappa shape index (κ2) is 10.6. The first kappa shape index (κ1) is 25.7. The summed E-state index contributed by atoms with van der Waals surface area (Å²) in [5.41, 5.74) is 0.744. The highest BCUT2D eigenvalue weighted by Gasteiger charge is 2.43. The molecule has 3 amide bonds. The molecule has 182 valence electrons. The standard InChI is InChI=1S/C24H28ClN3O5S/c1-4-20(23(30)26-13-16(2)3)27(14-17-9-11-18(25)12-10-17)22(29)15-28-24(31)19-7-5-6-8-21(19)34(28,32)33/h5-12,16,20H,4,13-15H2,1-3H3,(H,26,30)/t20-/m1/s1. The van der Waals surface area contributed by atoms with E-state index in [0.717, 1.165) is 0 Å². The van der Waals surface area contributed by atoms with E-state index in [0.29, 0.717) is 27.9 Å². The van der Waals surface area contributed by atoms with Gasteiger partial charge < -0.3 is 10.2 Å². The molecule has 0 saturated heterocycles. The number of fused-ring (bicyclic) bond motifs is 1. The van der Waals surface area contributed by atoms with Gasteiger partial charge in [-0.15, -0.1) is 0 Å². The number of benzene rings is 2. The second-order valence-electron chi connectivity index (χ2n) is 8.52. The molecule has 8 nitrogen and oxygen atoms in total. The smallest absolute Gasteiger partial charge is 0.269 e. The maximum atomic E-state index is 13.5. The molecule has 2 aromatic carbocycles. The Morgan fingerprint density at radius 1 is 1.09 bits per heavy atom. The van der Waals surface area contributed by atoms with Crippen LogP contribution in [0.2, 0.25) is 5.02 Å². The van der Waals surface area contributed by atoms with Crippen molar-refractivity contribution < 1.29 is 22.8 Å². The fraction of sp³-hybridized carbons (Fsp3) is 0.375. The van der Waals surface area contributed by atoms with Crippen molar-refractivity contribution >= 4 is 39.3 Å². The van der Waals surface area contributed by atoms with Crippen LogP contribution in [0.15, 0.2) is 53.4 Å². The third-order valence-corrected chi connectivity index (χ3v) is 7.57. The van der Waals surface area contributed by atoms with Crippen molar-refractivity contribution in [2.24, 2.45) is 5.92 Å². The van der Waals surface area contributed by atoms with Gasteiger partial charge in [0.1, 0.15) is 17.5 Å². The number of nitrogens with one attached hydrogen (secondary N) is 1. The van der Waals surface area contributed by atoms with Crippen LogP contribution >= 0.6 is 11.6 Å². The van der Waals surface area contributed by atoms with E-state index in [2.05, 4.69) is 5.32 Å². The molecule has 1 atom stereocenters. The SMILES string of the molecule is CC[C@H](C(=O)NCC(C)C)N(Cc1ccc(Cl)cc1)C(=O)CN1C(=O)c2ccccc2S1(=O)=O. The van der Waals surface area contributed by atoms with Gasteiger partial charge in [0.15, 0.2) is 0 Å². The maximum absolute atomic E-state index is 13.5. The molecule has 10 heteroatoms. The lowest BCUT2D eigenvalue weighted by Crippen LogP contribution is -2.52. The molecule has 0 aliphatic carbocycles. The number of hydrogen-bond acceptors (Lipinski definition) is 5. The Morgan fingerprint density at radius 2 is 1.74 bits per heavy atom. The normalized spacial score (nSPS) is 15.2. The fourth-order valence-corrected chi connectivity index (χ4v) is 5.37. The van der Waals surface area contributed by atoms with Crippen LogP contribution in [-0.4, -0.2) is 54.5 Å². The van der Waals surface area contributed by atoms with Crippen LogP contribution in [-0.2, 0) is 26.2 Å². The summed E-state index contributed by atoms with van der Waals surface area (Å²) in [5.74, 6) is -1.52. The van der Waals surface area contributed by atoms with E-state index in [-0.39, 0.29) is 28.8 Å². The number of rotatable bonds is 9. The Hall–Kier alpha value is -2.91. The monoisotopic (exact) mass is 505 g/mol. The van der Waals surface area contributed by atoms with Gasteiger partial charge in [0, 0.05) is 18.1 Å². The predicted octanol–water partition coefficient (Wildman–Crippen LogP) is 3.06. The summed E-state index contributed by atoms with van der Waals surface area (Å²) in [5, 5.41) is 3.37. The first-order valence-electron chi connectivity index (χ1n) is 11.0. The van der Waals surface area contributed by atoms with Gasteiger partial charge in [-0.1, -0.05) is 56.6 Å². The zero-order chi connectivity index (χ0) is 25.0. The molecule has 1 N–H and O–H groups in total. The van der Waals surface area contributed by atoms with Gasteiger partial charge in [0.05, 0.1) is 5.56 Å². The van der Waals surface area contributed by atoms with Gasteiger partial charge in [-0.2, -0.15) is 0 Å². The molecule has 1 heterocycles. The van der Waals surface area contributed by atoms with E-state index in [1.54, 1.807) is 37.3 Å². The molecule has 0 aromatic heterocycles. The van der Waals surface area contributed by atoms with Crippen molar-refractivity contribution in [3.05, 3.63) is 64.7 Å². The van der Waals surface area contributed by atoms with E-state index in [1.807, 2.05) is 13.8 Å². The quantitative estimate of drug-likeness (QED) is 0.564. The van der Waals surface area contributed by atoms with Gasteiger partial charge in [0.2, 0.25) is 11.8 Å². The molecular formula is C24H28ClN3O5S. The van der Waals surface area contributed by atoms with Crippen LogP contribution in [0.25, 0.3) is 0 Å². The minimum Gasteiger partial charge on any atom is -0.354 e. The van der Waals surface area contributed by atoms with Gasteiger partial charge in [-0.25, -0.2) is 12.7 Å². The molecule has 0 fully saturated rings. The highest BCUT2D eigenvalue weighted by molar-refractivity contribution is 7.90. The summed E-state index contributed by atoms with van der Waals surface area (Å²) in [6.45, 7) is 5.48. The van der Waals surface area contributed by atoms with Gasteiger partial charge >= 0.3 is 0 Å². The maximum Gasteiger partial charge on any atom is 0.269 e. The summed E-state index contributed by atoms with van der Waals surface area (Å²) in [7, 11) is -4.16. The topological polar surface area (TPSA) is 104 Å². The van der Waals surface area contributed by atoms with Crippen LogP contribution in [0, 0.1) is 5.92 Å². The zero-order valence-corrected chi connectivity index (χ0v) is 20.9. The van der Waals surface area contributed by atoms with Crippen LogP contribution in [0.3, 0.4) is 0 Å². The van der Waals surface area contributed by atoms with Crippen LogP contribution in [0.4, 0.5) is 0 Å². The van der Waals surface area contributed by atoms with E-state index in [1.165, 1.54) is 23.1 Å². The molecule has 34 heavy (non-hydrogen) atoms. The molecule has 1 aliphatic heterocycles. The lowest BCUT2D eigenvalue weighted by atomic mass is 10.1. The molecule has 0 radical (unpaired) electrons. The Labute approximate surface area is 204 Å². The number of sulfonamides is 1. The van der Waals surface area contributed by atoms with Gasteiger partial charge in [-0.05, 0) is 42.2 Å². The van der Waals surface area contributed by atoms with Crippen molar-refractivity contribution in [1.29, 1.82) is 0 Å². The van der Waals surface area contributed by atoms with Crippen molar-refractivity contribution in [3.63, 3.8) is 0 Å². The van der Waals surface area contributed by atoms with E-state index >= 15 is 0 Å². The Balaban J connectivity index is 1.90. The first-order valence-corrected chi connectivity index (χ1v) is 12.9. The van der Waals surface area contributed by atoms with Crippen molar-refractivity contribution in [3.8, 4) is 0 Å². The number of carbonyl (C=O) groups excluding carboxylic acids is 3. The largest absolute Gasteiger partial charge is 0.354 e. The lowest BCUT2D eigenvalue weighted by molar-refractivity contribution is -0.141. The number of nitrogens with zero attached hydrogens (tertiary/aromatic N) is 2. The molecule has 0 unspecified atom stereocenters. The van der Waals surface area contributed by atoms with Crippen molar-refractivity contribution in [2.45, 2.75) is 44.7 Å². The minimum atomic E-state index is -4.16. The molecular weight excluding hydrogens is 478 g/mol. The highest BCUT2D eigenvalue weighted by atomic mass is 35.5. The first-order chi connectivity index (χ1) is 16.1. The van der Waals surface area contributed by atoms with E-state index in [9.17, 15) is 22.8 Å². The third-order valence-electron chi connectivity index (χ3n) is 5.53. The Bertz CT molecular complexity index is 1180. The molecule has 2 aromatic rings. The Kier molecular flexibility index (Phi) is 7.99. The molecule has 1 aliphatic rings. The van der Waals surface area contributed by atoms with Crippen molar-refractivity contribution in [1.82, 2.24) is 14.5 Å². The number of carbonyl (C=O) groups is 3. The average molecular weight is 506 g/mol. The van der Waals surface area contributed by atoms with Crippen LogP contribution in [0.5, 0.6) is 0 Å². The fourth-order valence-electron chi connectivity index (χ4n) is 3.73. The van der Waals surface area contributed by atoms with Crippen LogP contribution in [0.1, 0.15) is 43.1 Å². The summed E-state index contributed by atoms with van der Waals surface area (Å²) in [6, 6.07) is 11.8. The third kappa shape index (κ3) is 5.42. The minimum absolute atomic E-state index is 0.0290.